The van der Waals surface area contributed by atoms with Gasteiger partial charge in [0.05, 0.1) is 0 Å². The molecule has 3 atom stereocenters. The fourth-order valence-electron chi connectivity index (χ4n) is 5.31. The largest absolute Gasteiger partial charge is 0.431 e. The fourth-order valence-corrected chi connectivity index (χ4v) is 10.2. The van der Waals surface area contributed by atoms with Gasteiger partial charge in [-0.1, -0.05) is 157 Å². The molecule has 0 saturated heterocycles. The van der Waals surface area contributed by atoms with Crippen LogP contribution in [0.25, 0.3) is 0 Å². The molecule has 1 N–H and O–H groups in total. The van der Waals surface area contributed by atoms with Crippen molar-refractivity contribution >= 4 is 8.32 Å². The zero-order valence-electron chi connectivity index (χ0n) is 21.4. The molecule has 2 heteroatoms. The summed E-state index contributed by atoms with van der Waals surface area (Å²) in [5.41, 5.74) is 1.67. The van der Waals surface area contributed by atoms with Gasteiger partial charge in [-0.2, -0.15) is 0 Å². The van der Waals surface area contributed by atoms with E-state index in [1.165, 1.54) is 116 Å². The van der Waals surface area contributed by atoms with E-state index in [-0.39, 0.29) is 0 Å². The normalized spacial score (nSPS) is 17.1. The van der Waals surface area contributed by atoms with Crippen LogP contribution in [0.4, 0.5) is 0 Å². The van der Waals surface area contributed by atoms with Crippen LogP contribution < -0.4 is 0 Å². The van der Waals surface area contributed by atoms with E-state index in [1.807, 2.05) is 0 Å². The van der Waals surface area contributed by atoms with Gasteiger partial charge in [-0.25, -0.2) is 0 Å². The zero-order chi connectivity index (χ0) is 22.0. The summed E-state index contributed by atoms with van der Waals surface area (Å²) in [4.78, 5) is 12.2. The molecule has 0 aromatic heterocycles. The van der Waals surface area contributed by atoms with E-state index in [0.717, 1.165) is 0 Å². The highest BCUT2D eigenvalue weighted by Gasteiger charge is 2.46. The van der Waals surface area contributed by atoms with Gasteiger partial charge in [-0.15, -0.1) is 0 Å². The predicted molar refractivity (Wildman–Crippen MR) is 136 cm³/mol. The van der Waals surface area contributed by atoms with Gasteiger partial charge in [-0.05, 0) is 16.6 Å². The molecular formula is C27H58OSi. The van der Waals surface area contributed by atoms with Crippen molar-refractivity contribution in [1.29, 1.82) is 0 Å². The highest BCUT2D eigenvalue weighted by molar-refractivity contribution is 6.76. The Morgan fingerprint density at radius 3 is 0.931 bits per heavy atom. The molecule has 0 spiro atoms. The van der Waals surface area contributed by atoms with Crippen LogP contribution in [0.15, 0.2) is 0 Å². The lowest BCUT2D eigenvalue weighted by Crippen LogP contribution is -2.47. The lowest BCUT2D eigenvalue weighted by atomic mass is 10.1. The molecule has 1 nitrogen and oxygen atoms in total. The summed E-state index contributed by atoms with van der Waals surface area (Å²) in [6.07, 6.45) is 24.0. The molecule has 0 rings (SSSR count). The maximum atomic E-state index is 12.2. The van der Waals surface area contributed by atoms with E-state index in [1.54, 1.807) is 0 Å². The molecule has 0 bridgehead atoms. The molecule has 0 amide bonds. The molecule has 0 aromatic carbocycles. The molecule has 29 heavy (non-hydrogen) atoms. The Bertz CT molecular complexity index is 293. The van der Waals surface area contributed by atoms with Crippen molar-refractivity contribution in [2.24, 2.45) is 0 Å². The van der Waals surface area contributed by atoms with Gasteiger partial charge >= 0.3 is 0 Å². The highest BCUT2D eigenvalue weighted by atomic mass is 28.4. The molecule has 0 radical (unpaired) electrons. The Labute approximate surface area is 187 Å². The monoisotopic (exact) mass is 426 g/mol. The molecule has 0 aliphatic rings. The first-order valence-corrected chi connectivity index (χ1v) is 15.8. The van der Waals surface area contributed by atoms with E-state index < -0.39 is 8.32 Å². The van der Waals surface area contributed by atoms with Crippen molar-refractivity contribution in [3.8, 4) is 0 Å². The van der Waals surface area contributed by atoms with Gasteiger partial charge < -0.3 is 4.80 Å². The summed E-state index contributed by atoms with van der Waals surface area (Å²) >= 11 is 0. The van der Waals surface area contributed by atoms with Crippen molar-refractivity contribution < 1.29 is 4.80 Å². The van der Waals surface area contributed by atoms with Crippen molar-refractivity contribution in [3.63, 3.8) is 0 Å². The Kier molecular flexibility index (Phi) is 19.0. The zero-order valence-corrected chi connectivity index (χ0v) is 22.4. The number of rotatable bonds is 21. The van der Waals surface area contributed by atoms with E-state index in [4.69, 9.17) is 0 Å². The lowest BCUT2D eigenvalue weighted by molar-refractivity contribution is 0.421. The van der Waals surface area contributed by atoms with Crippen LogP contribution >= 0.6 is 0 Å². The lowest BCUT2D eigenvalue weighted by Gasteiger charge is -2.42. The van der Waals surface area contributed by atoms with Gasteiger partial charge in [0.2, 0.25) is 0 Å². The summed E-state index contributed by atoms with van der Waals surface area (Å²) < 4.78 is 0. The Morgan fingerprint density at radius 1 is 0.448 bits per heavy atom. The maximum Gasteiger partial charge on any atom is 0.196 e. The molecule has 0 fully saturated rings. The van der Waals surface area contributed by atoms with Gasteiger partial charge in [-0.3, -0.25) is 0 Å². The van der Waals surface area contributed by atoms with Gasteiger partial charge in [0.1, 0.15) is 0 Å². The van der Waals surface area contributed by atoms with E-state index >= 15 is 0 Å². The van der Waals surface area contributed by atoms with E-state index in [2.05, 4.69) is 41.5 Å². The topological polar surface area (TPSA) is 20.2 Å². The fraction of sp³-hybridized carbons (Fsp3) is 1.00. The van der Waals surface area contributed by atoms with Crippen LogP contribution in [0.1, 0.15) is 157 Å². The second-order valence-electron chi connectivity index (χ2n) is 10.2. The smallest absolute Gasteiger partial charge is 0.196 e. The van der Waals surface area contributed by atoms with E-state index in [0.29, 0.717) is 16.6 Å². The summed E-state index contributed by atoms with van der Waals surface area (Å²) in [5.74, 6) is 0. The number of hydrogen-bond donors (Lipinski definition) is 1. The van der Waals surface area contributed by atoms with Gasteiger partial charge in [0, 0.05) is 0 Å². The highest BCUT2D eigenvalue weighted by Crippen LogP contribution is 2.46. The Hall–Kier alpha value is 0.177. The molecule has 0 aromatic rings. The summed E-state index contributed by atoms with van der Waals surface area (Å²) in [5, 5.41) is 0. The second-order valence-corrected chi connectivity index (χ2v) is 14.9. The van der Waals surface area contributed by atoms with E-state index in [9.17, 15) is 4.80 Å². The van der Waals surface area contributed by atoms with Crippen molar-refractivity contribution in [2.75, 3.05) is 0 Å². The van der Waals surface area contributed by atoms with Gasteiger partial charge in [0.15, 0.2) is 8.32 Å². The minimum Gasteiger partial charge on any atom is -0.431 e. The average Bonchev–Trinajstić information content (AvgIpc) is 2.72. The third kappa shape index (κ3) is 12.6. The predicted octanol–water partition coefficient (Wildman–Crippen LogP) is 10.2. The Balaban J connectivity index is 4.75. The number of unbranched alkanes of at least 4 members (excludes halogenated alkanes) is 12. The first-order chi connectivity index (χ1) is 13.9. The Morgan fingerprint density at radius 2 is 0.690 bits per heavy atom. The third-order valence-electron chi connectivity index (χ3n) is 7.59. The van der Waals surface area contributed by atoms with Crippen molar-refractivity contribution in [2.45, 2.75) is 174 Å². The van der Waals surface area contributed by atoms with Crippen molar-refractivity contribution in [1.82, 2.24) is 0 Å². The molecule has 3 unspecified atom stereocenters. The summed E-state index contributed by atoms with van der Waals surface area (Å²) in [7, 11) is -2.27. The summed E-state index contributed by atoms with van der Waals surface area (Å²) in [6, 6.07) is 0. The van der Waals surface area contributed by atoms with Crippen molar-refractivity contribution in [3.05, 3.63) is 0 Å². The van der Waals surface area contributed by atoms with Crippen LogP contribution in [-0.2, 0) is 0 Å². The first kappa shape index (κ1) is 29.2. The van der Waals surface area contributed by atoms with Crippen LogP contribution in [0, 0.1) is 0 Å². The minimum atomic E-state index is -2.27. The quantitative estimate of drug-likeness (QED) is 0.143. The molecule has 0 aliphatic heterocycles. The molecular weight excluding hydrogens is 368 g/mol. The van der Waals surface area contributed by atoms with Crippen LogP contribution in [-0.4, -0.2) is 13.1 Å². The maximum absolute atomic E-state index is 12.2. The van der Waals surface area contributed by atoms with Crippen LogP contribution in [0.3, 0.4) is 0 Å². The molecule has 176 valence electrons. The number of hydrogen-bond acceptors (Lipinski definition) is 1. The third-order valence-corrected chi connectivity index (χ3v) is 13.2. The minimum absolute atomic E-state index is 0.556. The molecule has 0 saturated carbocycles. The standard InChI is InChI=1S/C27H58OSi/c1-7-10-13-16-19-22-25(4)29(28,26(5)23-20-17-14-11-8-2)27(6)24-21-18-15-12-9-3/h25-28H,7-24H2,1-6H3. The molecule has 0 aliphatic carbocycles. The van der Waals surface area contributed by atoms with Gasteiger partial charge in [0.25, 0.3) is 0 Å². The van der Waals surface area contributed by atoms with Crippen LogP contribution in [0.2, 0.25) is 16.6 Å². The second kappa shape index (κ2) is 18.9. The average molecular weight is 427 g/mol. The first-order valence-electron chi connectivity index (χ1n) is 13.7. The SMILES string of the molecule is CCCCCCCC(C)[Si](O)(C(C)CCCCCCC)C(C)CCCCCCC. The van der Waals surface area contributed by atoms with Crippen LogP contribution in [0.5, 0.6) is 0 Å². The summed E-state index contributed by atoms with van der Waals surface area (Å²) in [6.45, 7) is 14.1. The molecule has 0 heterocycles.